The van der Waals surface area contributed by atoms with Crippen LogP contribution in [0.1, 0.15) is 121 Å². The van der Waals surface area contributed by atoms with Gasteiger partial charge < -0.3 is 83.4 Å². The summed E-state index contributed by atoms with van der Waals surface area (Å²) < 4.78 is 0. The molecule has 16 N–H and O–H groups in total. The zero-order valence-electron chi connectivity index (χ0n) is 61.0. The summed E-state index contributed by atoms with van der Waals surface area (Å²) in [6, 6.07) is 44.7. The first-order valence-corrected chi connectivity index (χ1v) is 34.5. The summed E-state index contributed by atoms with van der Waals surface area (Å²) in [5.41, 5.74) is -13.2. The van der Waals surface area contributed by atoms with E-state index in [1.807, 2.05) is 0 Å². The first-order chi connectivity index (χ1) is 49.7. The fraction of sp³-hybridized carbons (Fsp3) is 0.317. The van der Waals surface area contributed by atoms with Gasteiger partial charge >= 0.3 is 0 Å². The van der Waals surface area contributed by atoms with Gasteiger partial charge in [0.2, 0.25) is 47.3 Å². The van der Waals surface area contributed by atoms with Gasteiger partial charge in [0, 0.05) is 88.8 Å². The number of aromatic hydroxyl groups is 8. The minimum atomic E-state index is -2.10. The first-order valence-electron chi connectivity index (χ1n) is 34.5. The minimum Gasteiger partial charge on any atom is -0.508 e. The molecule has 0 saturated heterocycles. The van der Waals surface area contributed by atoms with E-state index in [4.69, 9.17) is 0 Å². The summed E-state index contributed by atoms with van der Waals surface area (Å²) >= 11 is 0. The maximum atomic E-state index is 16.4. The van der Waals surface area contributed by atoms with Crippen molar-refractivity contribution >= 4 is 92.8 Å². The number of phenolic OH excluding ortho intramolecular Hbond substituents is 8. The summed E-state index contributed by atoms with van der Waals surface area (Å²) in [4.78, 5) is 126. The molecule has 24 heteroatoms. The summed E-state index contributed by atoms with van der Waals surface area (Å²) in [5, 5.41) is 106. The second-order valence-corrected chi connectivity index (χ2v) is 30.4. The molecule has 8 aromatic carbocycles. The van der Waals surface area contributed by atoms with Gasteiger partial charge in [-0.15, -0.1) is 0 Å². The molecule has 24 nitrogen and oxygen atoms in total. The quantitative estimate of drug-likeness (QED) is 0.0180. The molecule has 0 radical (unpaired) electrons. The van der Waals surface area contributed by atoms with Crippen molar-refractivity contribution in [3.63, 3.8) is 0 Å². The van der Waals surface area contributed by atoms with Crippen molar-refractivity contribution in [2.45, 2.75) is 121 Å². The van der Waals surface area contributed by atoms with E-state index in [-0.39, 0.29) is 99.4 Å². The third-order valence-corrected chi connectivity index (χ3v) is 19.7. The lowest BCUT2D eigenvalue weighted by atomic mass is 9.56. The van der Waals surface area contributed by atoms with Gasteiger partial charge in [0.1, 0.15) is 46.0 Å². The molecular formula is C82H94N8O16. The molecule has 0 spiro atoms. The van der Waals surface area contributed by atoms with Gasteiger partial charge in [0.15, 0.2) is 0 Å². The standard InChI is InChI=1S/C82H94N8O16/c1-11-76(4,68(100)84-52-14-30-60(92)31-15-52)45-78(6,70(102)86-54-18-34-62(94)35-19-54)47-80(8,72(104)88-56-22-38-64(96)39-23-56)49-82(10,74(106)90-58-26-42-66(98)43-27-58)50-81(9,73(105)89-57-24-40-65(97)41-25-57)48-79(7,71(103)87-55-20-36-63(95)37-21-55)46-77(5,69(101)85-53-16-32-61(93)33-17-53)44-75(2,3)67(99)83-51-12-28-59(91)29-13-51/h12-43,91-98H,11,44-50H2,1-10H3,(H,83,99)(H,84,100)(H,85,101)(H,86,102)(H,87,103)(H,88,104)(H,89,105)(H,90,106). The summed E-state index contributed by atoms with van der Waals surface area (Å²) in [5.74, 6) is -6.76. The lowest BCUT2D eigenvalue weighted by molar-refractivity contribution is -0.142. The lowest BCUT2D eigenvalue weighted by Crippen LogP contribution is -2.53. The number of hydrogen-bond donors (Lipinski definition) is 16. The zero-order valence-corrected chi connectivity index (χ0v) is 61.0. The molecule has 7 unspecified atom stereocenters. The highest BCUT2D eigenvalue weighted by atomic mass is 16.3. The van der Waals surface area contributed by atoms with E-state index in [0.29, 0.717) is 11.4 Å². The summed E-state index contributed by atoms with van der Waals surface area (Å²) in [7, 11) is 0. The molecule has 0 aliphatic carbocycles. The molecule has 0 saturated carbocycles. The Morgan fingerprint density at radius 3 is 0.481 bits per heavy atom. The SMILES string of the molecule is CCC(C)(CC(C)(CC(C)(CC(C)(CC(C)(CC(C)(CC(C)(CC(C)(C)C(=O)Nc1ccc(O)cc1)C(=O)Nc1ccc(O)cc1)C(=O)Nc1ccc(O)cc1)C(=O)Nc1ccc(O)cc1)C(=O)Nc1ccc(O)cc1)C(=O)Nc1ccc(O)cc1)C(=O)Nc1ccc(O)cc1)C(=O)Nc1ccc(O)cc1. The van der Waals surface area contributed by atoms with Crippen LogP contribution in [0.15, 0.2) is 194 Å². The maximum absolute atomic E-state index is 16.4. The monoisotopic (exact) mass is 1450 g/mol. The molecule has 0 aromatic heterocycles. The van der Waals surface area contributed by atoms with Gasteiger partial charge in [-0.25, -0.2) is 0 Å². The normalized spacial score (nSPS) is 15.4. The molecule has 0 heterocycles. The summed E-state index contributed by atoms with van der Waals surface area (Å²) in [6.45, 7) is 15.8. The van der Waals surface area contributed by atoms with Crippen LogP contribution in [0.25, 0.3) is 0 Å². The third-order valence-electron chi connectivity index (χ3n) is 19.7. The van der Waals surface area contributed by atoms with Crippen molar-refractivity contribution in [3.05, 3.63) is 194 Å². The first kappa shape index (κ1) is 79.6. The number of nitrogens with one attached hydrogen (secondary N) is 8. The number of phenols is 8. The molecule has 0 bridgehead atoms. The van der Waals surface area contributed by atoms with Crippen molar-refractivity contribution in [1.82, 2.24) is 0 Å². The number of hydrogen-bond acceptors (Lipinski definition) is 16. The highest BCUT2D eigenvalue weighted by molar-refractivity contribution is 6.04. The van der Waals surface area contributed by atoms with Crippen LogP contribution in [0.4, 0.5) is 45.5 Å². The van der Waals surface area contributed by atoms with Crippen LogP contribution in [0.5, 0.6) is 46.0 Å². The van der Waals surface area contributed by atoms with Crippen LogP contribution in [-0.2, 0) is 38.4 Å². The van der Waals surface area contributed by atoms with Crippen molar-refractivity contribution in [2.75, 3.05) is 42.5 Å². The fourth-order valence-corrected chi connectivity index (χ4v) is 14.6. The van der Waals surface area contributed by atoms with E-state index in [0.717, 1.165) is 0 Å². The molecule has 0 fully saturated rings. The van der Waals surface area contributed by atoms with E-state index in [9.17, 15) is 50.4 Å². The van der Waals surface area contributed by atoms with Crippen LogP contribution < -0.4 is 42.5 Å². The van der Waals surface area contributed by atoms with Gasteiger partial charge in [0.05, 0.1) is 0 Å². The van der Waals surface area contributed by atoms with Crippen LogP contribution >= 0.6 is 0 Å². The number of carbonyl (C=O) groups is 8. The predicted octanol–water partition coefficient (Wildman–Crippen LogP) is 15.0. The summed E-state index contributed by atoms with van der Waals surface area (Å²) in [6.07, 6.45) is -3.29. The van der Waals surface area contributed by atoms with Crippen molar-refractivity contribution in [2.24, 2.45) is 43.3 Å². The molecule has 8 aromatic rings. The highest BCUT2D eigenvalue weighted by Gasteiger charge is 2.58. The van der Waals surface area contributed by atoms with Crippen molar-refractivity contribution in [3.8, 4) is 46.0 Å². The van der Waals surface area contributed by atoms with Crippen molar-refractivity contribution < 1.29 is 79.2 Å². The van der Waals surface area contributed by atoms with Gasteiger partial charge in [-0.2, -0.15) is 0 Å². The molecule has 558 valence electrons. The Morgan fingerprint density at radius 1 is 0.208 bits per heavy atom. The van der Waals surface area contributed by atoms with Crippen LogP contribution in [0.3, 0.4) is 0 Å². The van der Waals surface area contributed by atoms with E-state index in [1.54, 1.807) is 41.5 Å². The number of anilines is 8. The average molecular weight is 1450 g/mol. The van der Waals surface area contributed by atoms with Gasteiger partial charge in [-0.1, -0.05) is 69.2 Å². The smallest absolute Gasteiger partial charge is 0.230 e. The van der Waals surface area contributed by atoms with Gasteiger partial charge in [-0.3, -0.25) is 38.4 Å². The molecule has 106 heavy (non-hydrogen) atoms. The lowest BCUT2D eigenvalue weighted by Gasteiger charge is -2.48. The fourth-order valence-electron chi connectivity index (χ4n) is 14.6. The van der Waals surface area contributed by atoms with Crippen LogP contribution in [-0.4, -0.2) is 88.1 Å². The van der Waals surface area contributed by atoms with Crippen molar-refractivity contribution in [1.29, 1.82) is 0 Å². The maximum Gasteiger partial charge on any atom is 0.230 e. The predicted molar refractivity (Wildman–Crippen MR) is 407 cm³/mol. The van der Waals surface area contributed by atoms with E-state index < -0.39 is 123 Å². The van der Waals surface area contributed by atoms with Gasteiger partial charge in [0.25, 0.3) is 0 Å². The minimum absolute atomic E-state index is 0.0620. The Hall–Kier alpha value is -12.1. The Bertz CT molecular complexity index is 4470. The van der Waals surface area contributed by atoms with Crippen LogP contribution in [0.2, 0.25) is 0 Å². The van der Waals surface area contributed by atoms with E-state index >= 15 is 28.8 Å². The van der Waals surface area contributed by atoms with E-state index in [1.165, 1.54) is 222 Å². The number of carbonyl (C=O) groups excluding carboxylic acids is 8. The van der Waals surface area contributed by atoms with Crippen LogP contribution in [0, 0.1) is 43.3 Å². The average Bonchev–Trinajstić information content (AvgIpc) is 0.752. The zero-order chi connectivity index (χ0) is 77.8. The number of rotatable bonds is 31. The third kappa shape index (κ3) is 20.4. The topological polar surface area (TPSA) is 395 Å². The second kappa shape index (κ2) is 32.3. The second-order valence-electron chi connectivity index (χ2n) is 30.4. The molecule has 7 atom stereocenters. The number of benzene rings is 8. The van der Waals surface area contributed by atoms with E-state index in [2.05, 4.69) is 42.5 Å². The Morgan fingerprint density at radius 2 is 0.330 bits per heavy atom. The Labute approximate surface area is 615 Å². The number of amides is 8. The largest absolute Gasteiger partial charge is 0.508 e. The molecule has 0 aliphatic rings. The molecule has 8 rings (SSSR count). The Balaban J connectivity index is 1.36. The molecule has 8 amide bonds. The molecule has 0 aliphatic heterocycles. The Kier molecular flexibility index (Phi) is 24.3. The molecular weight excluding hydrogens is 1350 g/mol. The highest BCUT2D eigenvalue weighted by Crippen LogP contribution is 2.56. The van der Waals surface area contributed by atoms with Gasteiger partial charge in [-0.05, 0) is 245 Å².